The van der Waals surface area contributed by atoms with Crippen molar-refractivity contribution in [1.82, 2.24) is 11.1 Å². The van der Waals surface area contributed by atoms with Crippen LogP contribution in [0.1, 0.15) is 17.4 Å². The molecule has 0 fully saturated rings. The van der Waals surface area contributed by atoms with Gasteiger partial charge in [-0.15, -0.1) is 12.4 Å². The Kier molecular flexibility index (Phi) is 7.86. The molecule has 0 unspecified atom stereocenters. The van der Waals surface area contributed by atoms with E-state index < -0.39 is 30.0 Å². The van der Waals surface area contributed by atoms with Gasteiger partial charge >= 0.3 is 6.18 Å². The van der Waals surface area contributed by atoms with Crippen LogP contribution < -0.4 is 6.15 Å². The first-order chi connectivity index (χ1) is 7.23. The van der Waals surface area contributed by atoms with Crippen molar-refractivity contribution in [2.24, 2.45) is 0 Å². The zero-order chi connectivity index (χ0) is 12.5. The highest BCUT2D eigenvalue weighted by atomic mass is 79.9. The number of alkyl halides is 6. The minimum absolute atomic E-state index is 0. The fourth-order valence-electron chi connectivity index (χ4n) is 0.956. The minimum atomic E-state index is -4.79. The molecular formula is C8H8BrClF6N2. The van der Waals surface area contributed by atoms with Crippen LogP contribution in [0.2, 0.25) is 0 Å². The van der Waals surface area contributed by atoms with Crippen LogP contribution in [-0.2, 0) is 6.18 Å². The summed E-state index contributed by atoms with van der Waals surface area (Å²) < 4.78 is 73.3. The molecule has 106 valence electrons. The van der Waals surface area contributed by atoms with Gasteiger partial charge in [0.25, 0.3) is 6.43 Å². The standard InChI is InChI=1S/C8H4BrF6N.ClH.H3N/c9-4-2-16-5(8(13,14)15)1-3(4)6(10)7(11)12;;/h1-2,6-7H;1H;1H3/t6-;;/m1../s1. The van der Waals surface area contributed by atoms with E-state index in [2.05, 4.69) is 20.9 Å². The number of hydrogen-bond acceptors (Lipinski definition) is 2. The average Bonchev–Trinajstić information content (AvgIpc) is 2.15. The van der Waals surface area contributed by atoms with Gasteiger partial charge in [0.05, 0.1) is 0 Å². The van der Waals surface area contributed by atoms with Crippen molar-refractivity contribution in [3.8, 4) is 0 Å². The molecule has 0 aliphatic heterocycles. The highest BCUT2D eigenvalue weighted by Crippen LogP contribution is 2.35. The maximum absolute atomic E-state index is 12.9. The fourth-order valence-corrected chi connectivity index (χ4v) is 1.39. The highest BCUT2D eigenvalue weighted by molar-refractivity contribution is 9.10. The van der Waals surface area contributed by atoms with Gasteiger partial charge in [-0.1, -0.05) is 0 Å². The lowest BCUT2D eigenvalue weighted by molar-refractivity contribution is -0.141. The van der Waals surface area contributed by atoms with E-state index in [-0.39, 0.29) is 29.1 Å². The molecule has 0 radical (unpaired) electrons. The molecule has 1 aromatic rings. The molecule has 0 aliphatic carbocycles. The van der Waals surface area contributed by atoms with Crippen LogP contribution in [-0.4, -0.2) is 11.4 Å². The predicted molar refractivity (Wildman–Crippen MR) is 59.1 cm³/mol. The zero-order valence-corrected chi connectivity index (χ0v) is 10.9. The van der Waals surface area contributed by atoms with E-state index >= 15 is 0 Å². The van der Waals surface area contributed by atoms with Gasteiger partial charge in [0.15, 0.2) is 6.17 Å². The van der Waals surface area contributed by atoms with E-state index in [0.29, 0.717) is 6.20 Å². The summed E-state index contributed by atoms with van der Waals surface area (Å²) >= 11 is 2.66. The van der Waals surface area contributed by atoms with E-state index in [9.17, 15) is 26.3 Å². The maximum atomic E-state index is 12.9. The molecule has 0 amide bonds. The molecule has 0 bridgehead atoms. The summed E-state index contributed by atoms with van der Waals surface area (Å²) in [6.45, 7) is 0. The summed E-state index contributed by atoms with van der Waals surface area (Å²) in [6, 6.07) is 0.265. The second kappa shape index (κ2) is 7.15. The molecule has 0 saturated heterocycles. The number of hydrogen-bond donors (Lipinski definition) is 1. The Morgan fingerprint density at radius 1 is 1.17 bits per heavy atom. The first-order valence-electron chi connectivity index (χ1n) is 3.88. The van der Waals surface area contributed by atoms with Crippen molar-refractivity contribution in [2.75, 3.05) is 0 Å². The Hall–Kier alpha value is -0.540. The van der Waals surface area contributed by atoms with Gasteiger partial charge in [-0.2, -0.15) is 13.2 Å². The highest BCUT2D eigenvalue weighted by Gasteiger charge is 2.34. The second-order valence-electron chi connectivity index (χ2n) is 2.83. The molecule has 0 saturated carbocycles. The summed E-state index contributed by atoms with van der Waals surface area (Å²) in [6.07, 6.45) is -10.3. The number of nitrogens with zero attached hydrogens (tertiary/aromatic N) is 1. The van der Waals surface area contributed by atoms with Crippen LogP contribution in [0.15, 0.2) is 16.7 Å². The molecule has 0 aromatic carbocycles. The predicted octanol–water partition coefficient (Wildman–Crippen LogP) is 4.72. The molecule has 0 spiro atoms. The number of pyridine rings is 1. The van der Waals surface area contributed by atoms with Gasteiger partial charge in [0, 0.05) is 16.2 Å². The Balaban J connectivity index is 0. The van der Waals surface area contributed by atoms with E-state index in [1.807, 2.05) is 0 Å². The largest absolute Gasteiger partial charge is 0.433 e. The molecule has 3 N–H and O–H groups in total. The molecular weight excluding hydrogens is 353 g/mol. The van der Waals surface area contributed by atoms with Crippen LogP contribution in [0.3, 0.4) is 0 Å². The third-order valence-corrected chi connectivity index (χ3v) is 2.36. The normalized spacial score (nSPS) is 12.7. The first-order valence-corrected chi connectivity index (χ1v) is 4.67. The lowest BCUT2D eigenvalue weighted by Gasteiger charge is -2.12. The Labute approximate surface area is 113 Å². The van der Waals surface area contributed by atoms with Crippen LogP contribution in [0.25, 0.3) is 0 Å². The Morgan fingerprint density at radius 3 is 2.06 bits per heavy atom. The fraction of sp³-hybridized carbons (Fsp3) is 0.375. The number of halogens is 8. The van der Waals surface area contributed by atoms with Gasteiger partial charge in [0.2, 0.25) is 0 Å². The molecule has 0 aliphatic rings. The quantitative estimate of drug-likeness (QED) is 0.775. The monoisotopic (exact) mass is 360 g/mol. The van der Waals surface area contributed by atoms with Crippen molar-refractivity contribution in [1.29, 1.82) is 0 Å². The first kappa shape index (κ1) is 19.8. The smallest absolute Gasteiger partial charge is 0.344 e. The van der Waals surface area contributed by atoms with Gasteiger partial charge in [-0.05, 0) is 22.0 Å². The van der Waals surface area contributed by atoms with Crippen molar-refractivity contribution >= 4 is 28.3 Å². The molecule has 1 heterocycles. The van der Waals surface area contributed by atoms with Crippen LogP contribution in [0.4, 0.5) is 26.3 Å². The lowest BCUT2D eigenvalue weighted by atomic mass is 10.1. The lowest BCUT2D eigenvalue weighted by Crippen LogP contribution is -2.11. The molecule has 1 atom stereocenters. The average molecular weight is 362 g/mol. The molecule has 10 heteroatoms. The summed E-state index contributed by atoms with van der Waals surface area (Å²) in [5.41, 5.74) is -2.17. The molecule has 1 rings (SSSR count). The van der Waals surface area contributed by atoms with E-state index in [1.165, 1.54) is 0 Å². The maximum Gasteiger partial charge on any atom is 0.433 e. The number of rotatable bonds is 2. The minimum Gasteiger partial charge on any atom is -0.344 e. The summed E-state index contributed by atoms with van der Waals surface area (Å²) in [4.78, 5) is 2.97. The van der Waals surface area contributed by atoms with E-state index in [0.717, 1.165) is 0 Å². The van der Waals surface area contributed by atoms with Crippen LogP contribution in [0, 0.1) is 0 Å². The third kappa shape index (κ3) is 4.62. The third-order valence-electron chi connectivity index (χ3n) is 1.69. The van der Waals surface area contributed by atoms with E-state index in [1.54, 1.807) is 0 Å². The molecule has 2 nitrogen and oxygen atoms in total. The van der Waals surface area contributed by atoms with Crippen molar-refractivity contribution in [2.45, 2.75) is 18.8 Å². The second-order valence-corrected chi connectivity index (χ2v) is 3.68. The van der Waals surface area contributed by atoms with Crippen molar-refractivity contribution in [3.05, 3.63) is 28.0 Å². The van der Waals surface area contributed by atoms with Gasteiger partial charge in [-0.25, -0.2) is 13.2 Å². The zero-order valence-electron chi connectivity index (χ0n) is 8.52. The van der Waals surface area contributed by atoms with Gasteiger partial charge in [-0.3, -0.25) is 4.98 Å². The van der Waals surface area contributed by atoms with Crippen molar-refractivity contribution < 1.29 is 26.3 Å². The summed E-state index contributed by atoms with van der Waals surface area (Å²) in [7, 11) is 0. The van der Waals surface area contributed by atoms with E-state index in [4.69, 9.17) is 0 Å². The molecule has 1 aromatic heterocycles. The SMILES string of the molecule is Cl.FC(F)[C@H](F)c1cc(C(F)(F)F)ncc1Br.N. The van der Waals surface area contributed by atoms with Crippen molar-refractivity contribution in [3.63, 3.8) is 0 Å². The topological polar surface area (TPSA) is 47.9 Å². The van der Waals surface area contributed by atoms with Gasteiger partial charge in [0.1, 0.15) is 5.69 Å². The Bertz CT molecular complexity index is 386. The summed E-state index contributed by atoms with van der Waals surface area (Å²) in [5, 5.41) is 0. The van der Waals surface area contributed by atoms with Gasteiger partial charge < -0.3 is 6.15 Å². The Morgan fingerprint density at radius 2 is 1.67 bits per heavy atom. The number of aromatic nitrogens is 1. The van der Waals surface area contributed by atoms with Crippen LogP contribution in [0.5, 0.6) is 0 Å². The summed E-state index contributed by atoms with van der Waals surface area (Å²) in [5.74, 6) is 0. The molecule has 18 heavy (non-hydrogen) atoms. The van der Waals surface area contributed by atoms with Crippen LogP contribution >= 0.6 is 28.3 Å².